The molecule has 3 aromatic carbocycles. The number of amides is 4. The Morgan fingerprint density at radius 2 is 1.56 bits per heavy atom. The van der Waals surface area contributed by atoms with Crippen LogP contribution < -0.4 is 20.9 Å². The van der Waals surface area contributed by atoms with Gasteiger partial charge in [-0.1, -0.05) is 48.0 Å². The second-order valence-electron chi connectivity index (χ2n) is 9.90. The zero-order chi connectivity index (χ0) is 29.4. The lowest BCUT2D eigenvalue weighted by molar-refractivity contribution is -0.137. The third-order valence-electron chi connectivity index (χ3n) is 6.94. The van der Waals surface area contributed by atoms with E-state index < -0.39 is 23.9 Å². The van der Waals surface area contributed by atoms with Crippen LogP contribution in [0.3, 0.4) is 0 Å². The summed E-state index contributed by atoms with van der Waals surface area (Å²) in [6.45, 7) is 6.26. The van der Waals surface area contributed by atoms with Gasteiger partial charge in [-0.05, 0) is 49.7 Å². The van der Waals surface area contributed by atoms with Gasteiger partial charge in [0.25, 0.3) is 11.8 Å². The molecule has 4 amide bonds. The van der Waals surface area contributed by atoms with Crippen LogP contribution in [0.15, 0.2) is 72.8 Å². The number of rotatable bonds is 9. The van der Waals surface area contributed by atoms with Crippen molar-refractivity contribution in [3.05, 3.63) is 95.1 Å². The highest BCUT2D eigenvalue weighted by molar-refractivity contribution is 6.00. The Morgan fingerprint density at radius 3 is 2.20 bits per heavy atom. The van der Waals surface area contributed by atoms with Crippen LogP contribution >= 0.6 is 0 Å². The lowest BCUT2D eigenvalue weighted by Crippen LogP contribution is -2.49. The van der Waals surface area contributed by atoms with Gasteiger partial charge < -0.3 is 30.9 Å². The van der Waals surface area contributed by atoms with Crippen molar-refractivity contribution in [3.63, 3.8) is 0 Å². The van der Waals surface area contributed by atoms with Crippen LogP contribution in [0, 0.1) is 6.92 Å². The van der Waals surface area contributed by atoms with Crippen molar-refractivity contribution in [1.29, 1.82) is 0 Å². The molecule has 1 aliphatic rings. The van der Waals surface area contributed by atoms with Crippen LogP contribution in [0.25, 0.3) is 0 Å². The van der Waals surface area contributed by atoms with Gasteiger partial charge in [0.1, 0.15) is 0 Å². The Kier molecular flexibility index (Phi) is 9.57. The molecule has 0 spiro atoms. The zero-order valence-electron chi connectivity index (χ0n) is 23.2. The van der Waals surface area contributed by atoms with Gasteiger partial charge in [-0.15, -0.1) is 0 Å². The smallest absolute Gasteiger partial charge is 0.319 e. The van der Waals surface area contributed by atoms with E-state index in [9.17, 15) is 24.3 Å². The maximum absolute atomic E-state index is 13.3. The Labute approximate surface area is 239 Å². The lowest BCUT2D eigenvalue weighted by atomic mass is 10.0. The van der Waals surface area contributed by atoms with E-state index in [1.807, 2.05) is 37.3 Å². The summed E-state index contributed by atoms with van der Waals surface area (Å²) < 4.78 is 0. The van der Waals surface area contributed by atoms with Gasteiger partial charge in [0.05, 0.1) is 23.8 Å². The number of piperazine rings is 1. The van der Waals surface area contributed by atoms with Gasteiger partial charge in [0.15, 0.2) is 0 Å². The molecule has 1 aliphatic heterocycles. The minimum absolute atomic E-state index is 0.0255. The third-order valence-corrected chi connectivity index (χ3v) is 6.94. The van der Waals surface area contributed by atoms with Crippen molar-refractivity contribution >= 4 is 35.2 Å². The Morgan fingerprint density at radius 1 is 0.878 bits per heavy atom. The predicted octanol–water partition coefficient (Wildman–Crippen LogP) is 4.04. The van der Waals surface area contributed by atoms with E-state index >= 15 is 0 Å². The molecule has 4 N–H and O–H groups in total. The summed E-state index contributed by atoms with van der Waals surface area (Å²) in [6.07, 6.45) is -0.275. The summed E-state index contributed by atoms with van der Waals surface area (Å²) in [5.41, 5.74) is 3.79. The summed E-state index contributed by atoms with van der Waals surface area (Å²) in [5, 5.41) is 17.8. The number of nitrogens with zero attached hydrogens (tertiary/aromatic N) is 2. The van der Waals surface area contributed by atoms with Crippen LogP contribution in [-0.2, 0) is 4.79 Å². The van der Waals surface area contributed by atoms with Gasteiger partial charge in [0, 0.05) is 43.9 Å². The van der Waals surface area contributed by atoms with Crippen molar-refractivity contribution in [1.82, 2.24) is 15.5 Å². The second-order valence-corrected chi connectivity index (χ2v) is 9.90. The van der Waals surface area contributed by atoms with E-state index in [0.29, 0.717) is 49.5 Å². The van der Waals surface area contributed by atoms with Crippen LogP contribution in [0.1, 0.15) is 51.2 Å². The quantitative estimate of drug-likeness (QED) is 0.314. The van der Waals surface area contributed by atoms with Crippen molar-refractivity contribution in [2.24, 2.45) is 0 Å². The number of urea groups is 1. The highest BCUT2D eigenvalue weighted by atomic mass is 16.4. The monoisotopic (exact) mass is 557 g/mol. The fourth-order valence-corrected chi connectivity index (χ4v) is 4.76. The number of hydrogen-bond acceptors (Lipinski definition) is 5. The molecule has 214 valence electrons. The maximum atomic E-state index is 13.3. The first-order valence-electron chi connectivity index (χ1n) is 13.6. The molecule has 1 heterocycles. The van der Waals surface area contributed by atoms with Crippen molar-refractivity contribution in [2.45, 2.75) is 26.3 Å². The molecule has 10 heteroatoms. The van der Waals surface area contributed by atoms with E-state index in [0.717, 1.165) is 11.3 Å². The fraction of sp³-hybridized carbons (Fsp3) is 0.290. The average Bonchev–Trinajstić information content (AvgIpc) is 2.97. The molecule has 3 aromatic rings. The number of carbonyl (C=O) groups excluding carboxylic acids is 3. The molecule has 0 aromatic heterocycles. The number of anilines is 2. The molecule has 1 saturated heterocycles. The average molecular weight is 558 g/mol. The minimum Gasteiger partial charge on any atom is -0.481 e. The minimum atomic E-state index is -1.03. The molecule has 0 bridgehead atoms. The van der Waals surface area contributed by atoms with Crippen molar-refractivity contribution in [3.8, 4) is 0 Å². The molecule has 4 rings (SSSR count). The molecule has 10 nitrogen and oxygen atoms in total. The molecule has 1 fully saturated rings. The summed E-state index contributed by atoms with van der Waals surface area (Å²) in [4.78, 5) is 54.1. The molecule has 0 radical (unpaired) electrons. The molecule has 1 unspecified atom stereocenters. The first kappa shape index (κ1) is 29.1. The largest absolute Gasteiger partial charge is 0.481 e. The van der Waals surface area contributed by atoms with Crippen LogP contribution in [0.5, 0.6) is 0 Å². The van der Waals surface area contributed by atoms with E-state index in [1.165, 1.54) is 0 Å². The number of carboxylic acid groups (broad SMARTS) is 1. The summed E-state index contributed by atoms with van der Waals surface area (Å²) in [6, 6.07) is 20.4. The van der Waals surface area contributed by atoms with Gasteiger partial charge in [-0.3, -0.25) is 14.4 Å². The van der Waals surface area contributed by atoms with Crippen LogP contribution in [0.2, 0.25) is 0 Å². The maximum Gasteiger partial charge on any atom is 0.319 e. The number of nitrogens with one attached hydrogen (secondary N) is 3. The summed E-state index contributed by atoms with van der Waals surface area (Å²) in [7, 11) is 0. The van der Waals surface area contributed by atoms with Crippen molar-refractivity contribution < 1.29 is 24.3 Å². The van der Waals surface area contributed by atoms with E-state index in [2.05, 4.69) is 20.9 Å². The molecular formula is C31H35N5O5. The normalized spacial score (nSPS) is 13.7. The molecule has 1 atom stereocenters. The highest BCUT2D eigenvalue weighted by Crippen LogP contribution is 2.29. The SMILES string of the molecule is CCNC(=O)Nc1cc(C(=O)NC(CC(=O)O)c2ccc(C)cc2)ccc1N1CCN(C(=O)c2ccccc2)CC1. The van der Waals surface area contributed by atoms with Gasteiger partial charge in [-0.25, -0.2) is 4.79 Å². The highest BCUT2D eigenvalue weighted by Gasteiger charge is 2.25. The molecular weight excluding hydrogens is 522 g/mol. The summed E-state index contributed by atoms with van der Waals surface area (Å²) in [5.74, 6) is -1.52. The number of aryl methyl sites for hydroxylation is 1. The van der Waals surface area contributed by atoms with Gasteiger partial charge >= 0.3 is 12.0 Å². The Bertz CT molecular complexity index is 1390. The fourth-order valence-electron chi connectivity index (χ4n) is 4.76. The number of carbonyl (C=O) groups is 4. The standard InChI is InChI=1S/C31H35N5O5/c1-3-32-31(41)34-26-19-24(29(39)33-25(20-28(37)38)22-11-9-21(2)10-12-22)13-14-27(26)35-15-17-36(18-16-35)30(40)23-7-5-4-6-8-23/h4-14,19,25H,3,15-18,20H2,1-2H3,(H,33,39)(H,37,38)(H2,32,34,41). The Balaban J connectivity index is 1.53. The molecule has 0 aliphatic carbocycles. The summed E-state index contributed by atoms with van der Waals surface area (Å²) >= 11 is 0. The number of hydrogen-bond donors (Lipinski definition) is 4. The molecule has 0 saturated carbocycles. The lowest BCUT2D eigenvalue weighted by Gasteiger charge is -2.37. The van der Waals surface area contributed by atoms with Crippen LogP contribution in [0.4, 0.5) is 16.2 Å². The topological polar surface area (TPSA) is 131 Å². The first-order chi connectivity index (χ1) is 19.7. The number of carboxylic acids is 1. The predicted molar refractivity (Wildman–Crippen MR) is 157 cm³/mol. The van der Waals surface area contributed by atoms with E-state index in [4.69, 9.17) is 0 Å². The number of benzene rings is 3. The second kappa shape index (κ2) is 13.5. The van der Waals surface area contributed by atoms with E-state index in [1.54, 1.807) is 54.3 Å². The first-order valence-corrected chi connectivity index (χ1v) is 13.6. The Hall–Kier alpha value is -4.86. The van der Waals surface area contributed by atoms with Gasteiger partial charge in [0.2, 0.25) is 0 Å². The zero-order valence-corrected chi connectivity index (χ0v) is 23.2. The van der Waals surface area contributed by atoms with E-state index in [-0.39, 0.29) is 17.9 Å². The molecule has 41 heavy (non-hydrogen) atoms. The number of aliphatic carboxylic acids is 1. The third kappa shape index (κ3) is 7.63. The van der Waals surface area contributed by atoms with Crippen molar-refractivity contribution in [2.75, 3.05) is 42.9 Å². The van der Waals surface area contributed by atoms with Crippen LogP contribution in [-0.4, -0.2) is 66.5 Å². The van der Waals surface area contributed by atoms with Gasteiger partial charge in [-0.2, -0.15) is 0 Å².